The van der Waals surface area contributed by atoms with Crippen LogP contribution in [0.4, 0.5) is 11.8 Å². The normalized spacial score (nSPS) is 10.1. The van der Waals surface area contributed by atoms with Gasteiger partial charge in [-0.15, -0.1) is 0 Å². The largest absolute Gasteiger partial charge is 0.309 e. The van der Waals surface area contributed by atoms with Gasteiger partial charge in [0.15, 0.2) is 0 Å². The summed E-state index contributed by atoms with van der Waals surface area (Å²) in [4.78, 5) is 12.9. The molecule has 0 saturated heterocycles. The van der Waals surface area contributed by atoms with E-state index in [9.17, 15) is 0 Å². The van der Waals surface area contributed by atoms with Crippen LogP contribution in [0.1, 0.15) is 16.7 Å². The summed E-state index contributed by atoms with van der Waals surface area (Å²) in [5, 5.41) is 20.6. The van der Waals surface area contributed by atoms with Gasteiger partial charge in [-0.25, -0.2) is 15.0 Å². The number of amidine groups is 1. The first-order valence-electron chi connectivity index (χ1n) is 8.78. The van der Waals surface area contributed by atoms with Gasteiger partial charge >= 0.3 is 0 Å². The van der Waals surface area contributed by atoms with Gasteiger partial charge in [-0.1, -0.05) is 42.2 Å². The van der Waals surface area contributed by atoms with Gasteiger partial charge in [0.25, 0.3) is 0 Å². The minimum absolute atomic E-state index is 0.0858. The van der Waals surface area contributed by atoms with Gasteiger partial charge in [-0.3, -0.25) is 16.1 Å². The molecule has 4 N–H and O–H groups in total. The zero-order valence-corrected chi connectivity index (χ0v) is 15.2. The number of pyridine rings is 1. The second kappa shape index (κ2) is 8.17. The summed E-state index contributed by atoms with van der Waals surface area (Å²) >= 11 is 0. The van der Waals surface area contributed by atoms with Crippen LogP contribution in [0.5, 0.6) is 0 Å². The monoisotopic (exact) mass is 380 g/mol. The zero-order valence-electron chi connectivity index (χ0n) is 15.2. The number of benzene rings is 2. The quantitative estimate of drug-likeness (QED) is 0.188. The van der Waals surface area contributed by atoms with Crippen LogP contribution in [0.25, 0.3) is 10.9 Å². The summed E-state index contributed by atoms with van der Waals surface area (Å²) in [6.45, 7) is 0. The van der Waals surface area contributed by atoms with Crippen molar-refractivity contribution in [3.05, 3.63) is 89.7 Å². The first-order valence-corrected chi connectivity index (χ1v) is 8.78. The molecule has 0 aliphatic heterocycles. The number of fused-ring (bicyclic) bond motifs is 1. The third kappa shape index (κ3) is 4.18. The Bertz CT molecular complexity index is 1240. The smallest absolute Gasteiger partial charge is 0.228 e. The Balaban J connectivity index is 1.74. The number of hydroxylamine groups is 1. The van der Waals surface area contributed by atoms with Gasteiger partial charge in [0, 0.05) is 34.5 Å². The van der Waals surface area contributed by atoms with Crippen LogP contribution in [-0.2, 0) is 0 Å². The van der Waals surface area contributed by atoms with Crippen molar-refractivity contribution in [2.75, 3.05) is 5.32 Å². The van der Waals surface area contributed by atoms with Crippen LogP contribution in [0.2, 0.25) is 0 Å². The Hall–Kier alpha value is -4.28. The third-order valence-corrected chi connectivity index (χ3v) is 4.13. The van der Waals surface area contributed by atoms with Crippen LogP contribution >= 0.6 is 0 Å². The van der Waals surface area contributed by atoms with E-state index < -0.39 is 0 Å². The Labute approximate surface area is 167 Å². The van der Waals surface area contributed by atoms with E-state index in [0.717, 1.165) is 22.0 Å². The average molecular weight is 380 g/mol. The van der Waals surface area contributed by atoms with Gasteiger partial charge in [-0.2, -0.15) is 0 Å². The maximum absolute atomic E-state index is 8.92. The maximum atomic E-state index is 8.92. The Morgan fingerprint density at radius 3 is 2.59 bits per heavy atom. The van der Waals surface area contributed by atoms with Crippen molar-refractivity contribution < 1.29 is 5.21 Å². The van der Waals surface area contributed by atoms with E-state index in [4.69, 9.17) is 10.6 Å². The van der Waals surface area contributed by atoms with Gasteiger partial charge in [0.1, 0.15) is 11.7 Å². The number of rotatable bonds is 3. The van der Waals surface area contributed by atoms with Crippen LogP contribution in [0, 0.1) is 17.3 Å². The molecule has 4 aromatic rings. The molecule has 2 heterocycles. The number of aromatic nitrogens is 3. The number of nitrogens with zero attached hydrogens (tertiary/aromatic N) is 3. The Morgan fingerprint density at radius 2 is 1.76 bits per heavy atom. The molecule has 0 unspecified atom stereocenters. The minimum atomic E-state index is -0.0858. The van der Waals surface area contributed by atoms with E-state index >= 15 is 0 Å². The van der Waals surface area contributed by atoms with E-state index in [1.165, 1.54) is 0 Å². The number of para-hydroxylation sites is 1. The first kappa shape index (κ1) is 18.1. The fourth-order valence-corrected chi connectivity index (χ4v) is 2.78. The Morgan fingerprint density at radius 1 is 0.931 bits per heavy atom. The second-order valence-electron chi connectivity index (χ2n) is 6.09. The van der Waals surface area contributed by atoms with Crippen molar-refractivity contribution in [2.24, 2.45) is 0 Å². The standard InChI is InChI=1S/C22H16N6O/c23-21(28-29)17-6-3-5-15(13-17)9-10-16-14-20(27-22-24-11-4-12-25-22)26-19-8-2-1-7-18(16)19/h1-8,11-14,29H,(H2,23,28)(H,24,25,26,27). The molecular weight excluding hydrogens is 364 g/mol. The molecule has 0 saturated carbocycles. The van der Waals surface area contributed by atoms with E-state index in [-0.39, 0.29) is 5.84 Å². The Kier molecular flexibility index (Phi) is 5.10. The summed E-state index contributed by atoms with van der Waals surface area (Å²) < 4.78 is 0. The maximum Gasteiger partial charge on any atom is 0.228 e. The lowest BCUT2D eigenvalue weighted by Crippen LogP contribution is -2.18. The van der Waals surface area contributed by atoms with Crippen molar-refractivity contribution in [1.29, 1.82) is 5.41 Å². The molecule has 4 rings (SSSR count). The van der Waals surface area contributed by atoms with Crippen molar-refractivity contribution in [3.63, 3.8) is 0 Å². The third-order valence-electron chi connectivity index (χ3n) is 4.13. The topological polar surface area (TPSA) is 107 Å². The fourth-order valence-electron chi connectivity index (χ4n) is 2.78. The molecule has 7 nitrogen and oxygen atoms in total. The number of hydrogen-bond acceptors (Lipinski definition) is 6. The first-order chi connectivity index (χ1) is 14.2. The van der Waals surface area contributed by atoms with Crippen molar-refractivity contribution >= 4 is 28.5 Å². The van der Waals surface area contributed by atoms with Gasteiger partial charge in [-0.05, 0) is 30.3 Å². The molecule has 0 bridgehead atoms. The lowest BCUT2D eigenvalue weighted by atomic mass is 10.1. The highest BCUT2D eigenvalue weighted by molar-refractivity contribution is 5.95. The van der Waals surface area contributed by atoms with Crippen LogP contribution in [0.3, 0.4) is 0 Å². The van der Waals surface area contributed by atoms with E-state index in [1.807, 2.05) is 41.9 Å². The number of hydrogen-bond donors (Lipinski definition) is 4. The highest BCUT2D eigenvalue weighted by atomic mass is 16.5. The molecule has 0 amide bonds. The summed E-state index contributed by atoms with van der Waals surface area (Å²) in [5.41, 5.74) is 4.72. The van der Waals surface area contributed by atoms with Crippen molar-refractivity contribution in [2.45, 2.75) is 0 Å². The summed E-state index contributed by atoms with van der Waals surface area (Å²) in [5.74, 6) is 7.28. The second-order valence-corrected chi connectivity index (χ2v) is 6.09. The van der Waals surface area contributed by atoms with E-state index in [2.05, 4.69) is 32.1 Å². The molecule has 0 spiro atoms. The lowest BCUT2D eigenvalue weighted by Gasteiger charge is -2.07. The molecule has 2 aromatic heterocycles. The van der Waals surface area contributed by atoms with E-state index in [0.29, 0.717) is 17.3 Å². The fraction of sp³-hybridized carbons (Fsp3) is 0. The predicted octanol–water partition coefficient (Wildman–Crippen LogP) is 3.47. The number of nitrogens with one attached hydrogen (secondary N) is 3. The van der Waals surface area contributed by atoms with Gasteiger partial charge < -0.3 is 5.32 Å². The van der Waals surface area contributed by atoms with Gasteiger partial charge in [0.2, 0.25) is 5.95 Å². The molecule has 0 fully saturated rings. The summed E-state index contributed by atoms with van der Waals surface area (Å²) in [6.07, 6.45) is 3.31. The van der Waals surface area contributed by atoms with Crippen LogP contribution in [0.15, 0.2) is 73.1 Å². The molecule has 0 atom stereocenters. The van der Waals surface area contributed by atoms with Crippen molar-refractivity contribution in [3.8, 4) is 11.8 Å². The SMILES string of the molecule is N=C(NO)c1cccc(C#Cc2cc(Nc3ncccn3)nc3ccccc23)c1. The minimum Gasteiger partial charge on any atom is -0.309 e. The number of anilines is 2. The lowest BCUT2D eigenvalue weighted by molar-refractivity contribution is 0.234. The molecule has 0 aliphatic rings. The molecule has 0 aliphatic carbocycles. The highest BCUT2D eigenvalue weighted by Gasteiger charge is 2.06. The zero-order chi connectivity index (χ0) is 20.1. The average Bonchev–Trinajstić information content (AvgIpc) is 2.78. The van der Waals surface area contributed by atoms with Crippen molar-refractivity contribution in [1.82, 2.24) is 20.4 Å². The molecule has 7 heteroatoms. The van der Waals surface area contributed by atoms with Crippen LogP contribution < -0.4 is 10.8 Å². The van der Waals surface area contributed by atoms with E-state index in [1.54, 1.807) is 36.7 Å². The molecular formula is C22H16N6O. The van der Waals surface area contributed by atoms with Gasteiger partial charge in [0.05, 0.1) is 5.52 Å². The highest BCUT2D eigenvalue weighted by Crippen LogP contribution is 2.21. The molecule has 0 radical (unpaired) electrons. The predicted molar refractivity (Wildman–Crippen MR) is 111 cm³/mol. The van der Waals surface area contributed by atoms with Crippen LogP contribution in [-0.4, -0.2) is 26.0 Å². The molecule has 2 aromatic carbocycles. The summed E-state index contributed by atoms with van der Waals surface area (Å²) in [6, 6.07) is 18.5. The summed E-state index contributed by atoms with van der Waals surface area (Å²) in [7, 11) is 0. The molecule has 29 heavy (non-hydrogen) atoms. The molecule has 140 valence electrons.